The Kier molecular flexibility index (Phi) is 3.82. The van der Waals surface area contributed by atoms with Crippen LogP contribution >= 0.6 is 22.7 Å². The molecule has 0 fully saturated rings. The number of pyridine rings is 1. The second-order valence-electron chi connectivity index (χ2n) is 6.49. The predicted octanol–water partition coefficient (Wildman–Crippen LogP) is 6.90. The normalized spacial score (nSPS) is 12.3. The number of fused-ring (bicyclic) bond motifs is 2. The van der Waals surface area contributed by atoms with E-state index >= 15 is 0 Å². The minimum absolute atomic E-state index is 0.172. The largest absolute Gasteiger partial charge is 0.432 e. The second-order valence-corrected chi connectivity index (χ2v) is 8.86. The van der Waals surface area contributed by atoms with Crippen LogP contribution in [0.2, 0.25) is 0 Å². The molecule has 5 aromatic rings. The number of benzene rings is 1. The van der Waals surface area contributed by atoms with Crippen molar-refractivity contribution in [1.82, 2.24) is 15.2 Å². The molecule has 0 saturated carbocycles. The summed E-state index contributed by atoms with van der Waals surface area (Å²) in [5, 5.41) is 8.16. The molecular formula is C20H12F3N3S2. The lowest BCUT2D eigenvalue weighted by Gasteiger charge is -2.00. The van der Waals surface area contributed by atoms with Crippen molar-refractivity contribution in [2.45, 2.75) is 13.1 Å². The van der Waals surface area contributed by atoms with Gasteiger partial charge in [0.05, 0.1) is 5.69 Å². The fourth-order valence-electron chi connectivity index (χ4n) is 3.14. The number of aromatic nitrogens is 3. The van der Waals surface area contributed by atoms with Crippen molar-refractivity contribution in [2.24, 2.45) is 0 Å². The van der Waals surface area contributed by atoms with Crippen LogP contribution in [0.15, 0.2) is 48.7 Å². The van der Waals surface area contributed by atoms with E-state index in [0.717, 1.165) is 16.5 Å². The summed E-state index contributed by atoms with van der Waals surface area (Å²) < 4.78 is 40.6. The Balaban J connectivity index is 1.49. The van der Waals surface area contributed by atoms with Crippen molar-refractivity contribution in [3.63, 3.8) is 0 Å². The molecule has 1 aromatic carbocycles. The Morgan fingerprint density at radius 2 is 1.64 bits per heavy atom. The number of aromatic amines is 1. The molecule has 0 unspecified atom stereocenters. The zero-order chi connectivity index (χ0) is 19.5. The molecule has 140 valence electrons. The van der Waals surface area contributed by atoms with E-state index in [1.54, 1.807) is 34.9 Å². The van der Waals surface area contributed by atoms with E-state index < -0.39 is 11.9 Å². The fourth-order valence-corrected chi connectivity index (χ4v) is 5.17. The van der Waals surface area contributed by atoms with Crippen LogP contribution in [0.25, 0.3) is 42.0 Å². The van der Waals surface area contributed by atoms with Gasteiger partial charge in [0.2, 0.25) is 0 Å². The molecule has 4 heterocycles. The number of thiophene rings is 2. The van der Waals surface area contributed by atoms with Gasteiger partial charge in [0.15, 0.2) is 0 Å². The van der Waals surface area contributed by atoms with Gasteiger partial charge in [-0.3, -0.25) is 10.1 Å². The van der Waals surface area contributed by atoms with Crippen LogP contribution < -0.4 is 0 Å². The monoisotopic (exact) mass is 415 g/mol. The lowest BCUT2D eigenvalue weighted by Crippen LogP contribution is -2.04. The van der Waals surface area contributed by atoms with Gasteiger partial charge in [0.25, 0.3) is 0 Å². The lowest BCUT2D eigenvalue weighted by molar-refractivity contribution is -0.141. The van der Waals surface area contributed by atoms with Gasteiger partial charge in [-0.25, -0.2) is 0 Å². The summed E-state index contributed by atoms with van der Waals surface area (Å²) in [5.41, 5.74) is 0.613. The van der Waals surface area contributed by atoms with Gasteiger partial charge in [-0.05, 0) is 60.2 Å². The molecule has 5 rings (SSSR count). The smallest absolute Gasteiger partial charge is 0.273 e. The van der Waals surface area contributed by atoms with Crippen molar-refractivity contribution in [1.29, 1.82) is 0 Å². The minimum atomic E-state index is -4.45. The van der Waals surface area contributed by atoms with E-state index in [-0.39, 0.29) is 5.69 Å². The summed E-state index contributed by atoms with van der Waals surface area (Å²) in [6.45, 7) is 2.11. The number of hydrogen-bond acceptors (Lipinski definition) is 4. The first kappa shape index (κ1) is 17.4. The van der Waals surface area contributed by atoms with Gasteiger partial charge in [-0.1, -0.05) is 0 Å². The molecule has 0 saturated heterocycles. The first-order valence-electron chi connectivity index (χ1n) is 8.40. The van der Waals surface area contributed by atoms with Crippen LogP contribution in [-0.4, -0.2) is 15.2 Å². The maximum Gasteiger partial charge on any atom is 0.432 e. The summed E-state index contributed by atoms with van der Waals surface area (Å²) in [5.74, 6) is 0. The number of rotatable bonds is 2. The molecule has 0 aliphatic heterocycles. The number of halogens is 3. The molecule has 3 nitrogen and oxygen atoms in total. The first-order chi connectivity index (χ1) is 13.4. The third-order valence-electron chi connectivity index (χ3n) is 4.47. The zero-order valence-corrected chi connectivity index (χ0v) is 16.1. The molecule has 4 aromatic heterocycles. The SMILES string of the molecule is Cc1cc2cc3sc(-c4ccc(-c5cc(C(F)(F)F)[nH]n5)nc4)cc3cc2s1. The summed E-state index contributed by atoms with van der Waals surface area (Å²) in [6.07, 6.45) is -2.77. The number of H-pyrrole nitrogens is 1. The van der Waals surface area contributed by atoms with Crippen molar-refractivity contribution >= 4 is 42.8 Å². The highest BCUT2D eigenvalue weighted by Crippen LogP contribution is 2.38. The van der Waals surface area contributed by atoms with Crippen molar-refractivity contribution in [3.8, 4) is 21.8 Å². The maximum atomic E-state index is 12.7. The van der Waals surface area contributed by atoms with Crippen LogP contribution in [-0.2, 0) is 6.18 Å². The van der Waals surface area contributed by atoms with Crippen molar-refractivity contribution in [3.05, 3.63) is 59.2 Å². The molecule has 0 bridgehead atoms. The predicted molar refractivity (Wildman–Crippen MR) is 108 cm³/mol. The molecule has 8 heteroatoms. The number of nitrogens with zero attached hydrogens (tertiary/aromatic N) is 2. The van der Waals surface area contributed by atoms with E-state index in [9.17, 15) is 13.2 Å². The highest BCUT2D eigenvalue weighted by molar-refractivity contribution is 7.22. The lowest BCUT2D eigenvalue weighted by atomic mass is 10.1. The van der Waals surface area contributed by atoms with Crippen molar-refractivity contribution < 1.29 is 13.2 Å². The van der Waals surface area contributed by atoms with E-state index in [2.05, 4.69) is 41.3 Å². The third kappa shape index (κ3) is 2.98. The average molecular weight is 415 g/mol. The van der Waals surface area contributed by atoms with E-state index in [4.69, 9.17) is 0 Å². The summed E-state index contributed by atoms with van der Waals surface area (Å²) in [4.78, 5) is 6.67. The fraction of sp³-hybridized carbons (Fsp3) is 0.100. The van der Waals surface area contributed by atoms with Crippen molar-refractivity contribution in [2.75, 3.05) is 0 Å². The molecule has 28 heavy (non-hydrogen) atoms. The van der Waals surface area contributed by atoms with E-state index in [0.29, 0.717) is 5.69 Å². The number of alkyl halides is 3. The van der Waals surface area contributed by atoms with Gasteiger partial charge in [0.1, 0.15) is 11.4 Å². The highest BCUT2D eigenvalue weighted by Gasteiger charge is 2.33. The summed E-state index contributed by atoms with van der Waals surface area (Å²) >= 11 is 3.46. The zero-order valence-electron chi connectivity index (χ0n) is 14.5. The number of aryl methyl sites for hydroxylation is 1. The highest BCUT2D eigenvalue weighted by atomic mass is 32.1. The van der Waals surface area contributed by atoms with Gasteiger partial charge in [0, 0.05) is 30.9 Å². The van der Waals surface area contributed by atoms with Crippen LogP contribution in [0.1, 0.15) is 10.6 Å². The van der Waals surface area contributed by atoms with Gasteiger partial charge >= 0.3 is 6.18 Å². The second kappa shape index (κ2) is 6.15. The van der Waals surface area contributed by atoms with Crippen LogP contribution in [0.5, 0.6) is 0 Å². The van der Waals surface area contributed by atoms with Gasteiger partial charge in [-0.2, -0.15) is 18.3 Å². The molecule has 0 spiro atoms. The van der Waals surface area contributed by atoms with Crippen LogP contribution in [0.3, 0.4) is 0 Å². The Hall–Kier alpha value is -2.71. The van der Waals surface area contributed by atoms with E-state index in [1.165, 1.54) is 25.0 Å². The average Bonchev–Trinajstić information content (AvgIpc) is 3.36. The van der Waals surface area contributed by atoms with Crippen LogP contribution in [0, 0.1) is 6.92 Å². The molecule has 0 radical (unpaired) electrons. The third-order valence-corrected chi connectivity index (χ3v) is 6.63. The number of hydrogen-bond donors (Lipinski definition) is 1. The van der Waals surface area contributed by atoms with Gasteiger partial charge < -0.3 is 0 Å². The topological polar surface area (TPSA) is 41.6 Å². The molecule has 0 atom stereocenters. The molecule has 0 aliphatic rings. The Morgan fingerprint density at radius 1 is 0.893 bits per heavy atom. The Labute approximate surface area is 165 Å². The van der Waals surface area contributed by atoms with Gasteiger partial charge in [-0.15, -0.1) is 22.7 Å². The summed E-state index contributed by atoms with van der Waals surface area (Å²) in [7, 11) is 0. The van der Waals surface area contributed by atoms with E-state index in [1.807, 2.05) is 11.2 Å². The molecule has 1 N–H and O–H groups in total. The summed E-state index contributed by atoms with van der Waals surface area (Å²) in [6, 6.07) is 13.2. The maximum absolute atomic E-state index is 12.7. The minimum Gasteiger partial charge on any atom is -0.273 e. The first-order valence-corrected chi connectivity index (χ1v) is 10.0. The molecule has 0 aliphatic carbocycles. The Morgan fingerprint density at radius 3 is 2.32 bits per heavy atom. The Bertz CT molecular complexity index is 1260. The molecule has 0 amide bonds. The molecular weight excluding hydrogens is 403 g/mol. The quantitative estimate of drug-likeness (QED) is 0.341. The number of nitrogens with one attached hydrogen (secondary N) is 1. The van der Waals surface area contributed by atoms with Crippen LogP contribution in [0.4, 0.5) is 13.2 Å². The standard InChI is InChI=1S/C20H12F3N3S2/c1-10-4-12-5-18-13(7-17(12)27-10)6-16(28-18)11-2-3-14(24-9-11)15-8-19(26-25-15)20(21,22)23/h2-9H,1H3,(H,25,26).